The fourth-order valence-corrected chi connectivity index (χ4v) is 1.96. The first-order valence-electron chi connectivity index (χ1n) is 4.80. The van der Waals surface area contributed by atoms with Crippen LogP contribution in [-0.2, 0) is 0 Å². The number of nitrogens with two attached hydrogens (primary N) is 1. The van der Waals surface area contributed by atoms with Crippen LogP contribution in [0.1, 0.15) is 24.8 Å². The molecule has 1 aliphatic rings. The average Bonchev–Trinajstić information content (AvgIpc) is 2.89. The number of hydrogen-bond acceptors (Lipinski definition) is 1. The smallest absolute Gasteiger partial charge is 0.162 e. The Bertz CT molecular complexity index is 349. The van der Waals surface area contributed by atoms with Crippen LogP contribution in [0.2, 0.25) is 0 Å². The predicted octanol–water partition coefficient (Wildman–Crippen LogP) is 2.42. The van der Waals surface area contributed by atoms with Gasteiger partial charge in [-0.25, -0.2) is 8.78 Å². The van der Waals surface area contributed by atoms with E-state index >= 15 is 0 Å². The molecular formula is C11H13F2N. The molecule has 0 bridgehead atoms. The van der Waals surface area contributed by atoms with Crippen molar-refractivity contribution >= 4 is 0 Å². The van der Waals surface area contributed by atoms with Crippen LogP contribution < -0.4 is 5.73 Å². The molecular weight excluding hydrogens is 184 g/mol. The van der Waals surface area contributed by atoms with Gasteiger partial charge in [0, 0.05) is 6.04 Å². The third-order valence-corrected chi connectivity index (χ3v) is 2.90. The van der Waals surface area contributed by atoms with Crippen LogP contribution in [0.15, 0.2) is 18.2 Å². The minimum absolute atomic E-state index is 0.0580. The van der Waals surface area contributed by atoms with Crippen molar-refractivity contribution in [3.8, 4) is 0 Å². The molecule has 0 radical (unpaired) electrons. The SMILES string of the molecule is CC(N)C1CC1c1cccc(F)c1F. The van der Waals surface area contributed by atoms with Crippen LogP contribution in [-0.4, -0.2) is 6.04 Å². The van der Waals surface area contributed by atoms with Gasteiger partial charge in [-0.05, 0) is 36.8 Å². The van der Waals surface area contributed by atoms with Crippen molar-refractivity contribution in [2.24, 2.45) is 11.7 Å². The predicted molar refractivity (Wildman–Crippen MR) is 50.9 cm³/mol. The first kappa shape index (κ1) is 9.59. The molecule has 14 heavy (non-hydrogen) atoms. The zero-order valence-corrected chi connectivity index (χ0v) is 8.00. The van der Waals surface area contributed by atoms with Gasteiger partial charge < -0.3 is 5.73 Å². The zero-order chi connectivity index (χ0) is 10.3. The number of benzene rings is 1. The van der Waals surface area contributed by atoms with Crippen molar-refractivity contribution in [3.63, 3.8) is 0 Å². The van der Waals surface area contributed by atoms with Gasteiger partial charge in [-0.15, -0.1) is 0 Å². The molecule has 1 saturated carbocycles. The van der Waals surface area contributed by atoms with Gasteiger partial charge in [0.05, 0.1) is 0 Å². The van der Waals surface area contributed by atoms with Crippen molar-refractivity contribution in [3.05, 3.63) is 35.4 Å². The summed E-state index contributed by atoms with van der Waals surface area (Å²) >= 11 is 0. The molecule has 0 heterocycles. The van der Waals surface area contributed by atoms with E-state index in [1.54, 1.807) is 12.1 Å². The largest absolute Gasteiger partial charge is 0.328 e. The van der Waals surface area contributed by atoms with Gasteiger partial charge in [0.2, 0.25) is 0 Å². The third-order valence-electron chi connectivity index (χ3n) is 2.90. The van der Waals surface area contributed by atoms with E-state index in [4.69, 9.17) is 5.73 Å². The van der Waals surface area contributed by atoms with Crippen LogP contribution in [0, 0.1) is 17.6 Å². The lowest BCUT2D eigenvalue weighted by Crippen LogP contribution is -2.18. The second-order valence-electron chi connectivity index (χ2n) is 4.01. The molecule has 3 unspecified atom stereocenters. The maximum Gasteiger partial charge on any atom is 0.162 e. The normalized spacial score (nSPS) is 27.4. The van der Waals surface area contributed by atoms with E-state index in [9.17, 15) is 8.78 Å². The van der Waals surface area contributed by atoms with Gasteiger partial charge in [-0.1, -0.05) is 12.1 Å². The van der Waals surface area contributed by atoms with Gasteiger partial charge in [-0.3, -0.25) is 0 Å². The minimum atomic E-state index is -0.766. The number of hydrogen-bond donors (Lipinski definition) is 1. The molecule has 2 rings (SSSR count). The maximum absolute atomic E-state index is 13.3. The van der Waals surface area contributed by atoms with Crippen molar-refractivity contribution in [2.75, 3.05) is 0 Å². The minimum Gasteiger partial charge on any atom is -0.328 e. The van der Waals surface area contributed by atoms with Gasteiger partial charge in [0.25, 0.3) is 0 Å². The fraction of sp³-hybridized carbons (Fsp3) is 0.455. The molecule has 1 fully saturated rings. The Labute approximate surface area is 81.9 Å². The summed E-state index contributed by atoms with van der Waals surface area (Å²) in [6, 6.07) is 4.39. The molecule has 3 heteroatoms. The Kier molecular flexibility index (Phi) is 2.27. The Morgan fingerprint density at radius 1 is 1.43 bits per heavy atom. The fourth-order valence-electron chi connectivity index (χ4n) is 1.96. The van der Waals surface area contributed by atoms with Crippen molar-refractivity contribution < 1.29 is 8.78 Å². The summed E-state index contributed by atoms with van der Waals surface area (Å²) in [7, 11) is 0. The molecule has 76 valence electrons. The van der Waals surface area contributed by atoms with E-state index in [2.05, 4.69) is 0 Å². The van der Waals surface area contributed by atoms with Crippen LogP contribution in [0.4, 0.5) is 8.78 Å². The van der Waals surface area contributed by atoms with Crippen LogP contribution in [0.3, 0.4) is 0 Å². The summed E-state index contributed by atoms with van der Waals surface area (Å²) in [6.07, 6.45) is 0.873. The van der Waals surface area contributed by atoms with Gasteiger partial charge >= 0.3 is 0 Å². The lowest BCUT2D eigenvalue weighted by atomic mass is 10.1. The lowest BCUT2D eigenvalue weighted by molar-refractivity contribution is 0.495. The van der Waals surface area contributed by atoms with Crippen LogP contribution in [0.25, 0.3) is 0 Å². The molecule has 0 aromatic heterocycles. The van der Waals surface area contributed by atoms with Crippen molar-refractivity contribution in [1.29, 1.82) is 0 Å². The highest BCUT2D eigenvalue weighted by Gasteiger charge is 2.42. The van der Waals surface area contributed by atoms with Crippen LogP contribution in [0.5, 0.6) is 0 Å². The van der Waals surface area contributed by atoms with E-state index in [1.807, 2.05) is 6.92 Å². The monoisotopic (exact) mass is 197 g/mol. The van der Waals surface area contributed by atoms with Crippen molar-refractivity contribution in [1.82, 2.24) is 0 Å². The Morgan fingerprint density at radius 2 is 2.14 bits per heavy atom. The first-order valence-corrected chi connectivity index (χ1v) is 4.80. The molecule has 3 atom stereocenters. The van der Waals surface area contributed by atoms with E-state index in [0.29, 0.717) is 11.5 Å². The Hall–Kier alpha value is -0.960. The molecule has 1 aromatic rings. The highest BCUT2D eigenvalue weighted by atomic mass is 19.2. The summed E-state index contributed by atoms with van der Waals surface area (Å²) in [5, 5.41) is 0. The second-order valence-corrected chi connectivity index (χ2v) is 4.01. The molecule has 1 aliphatic carbocycles. The van der Waals surface area contributed by atoms with Crippen LogP contribution >= 0.6 is 0 Å². The van der Waals surface area contributed by atoms with E-state index < -0.39 is 11.6 Å². The lowest BCUT2D eigenvalue weighted by Gasteiger charge is -2.05. The first-order chi connectivity index (χ1) is 6.61. The quantitative estimate of drug-likeness (QED) is 0.774. The van der Waals surface area contributed by atoms with E-state index in [0.717, 1.165) is 12.5 Å². The van der Waals surface area contributed by atoms with E-state index in [-0.39, 0.29) is 12.0 Å². The summed E-state index contributed by atoms with van der Waals surface area (Å²) in [6.45, 7) is 1.90. The summed E-state index contributed by atoms with van der Waals surface area (Å²) in [5.74, 6) is -1.05. The molecule has 1 nitrogen and oxygen atoms in total. The third kappa shape index (κ3) is 1.52. The highest BCUT2D eigenvalue weighted by molar-refractivity contribution is 5.28. The Morgan fingerprint density at radius 3 is 2.71 bits per heavy atom. The zero-order valence-electron chi connectivity index (χ0n) is 8.00. The molecule has 2 N–H and O–H groups in total. The number of halogens is 2. The molecule has 1 aromatic carbocycles. The molecule has 0 aliphatic heterocycles. The highest BCUT2D eigenvalue weighted by Crippen LogP contribution is 2.49. The maximum atomic E-state index is 13.3. The van der Waals surface area contributed by atoms with E-state index in [1.165, 1.54) is 0 Å². The summed E-state index contributed by atoms with van der Waals surface area (Å²) < 4.78 is 26.2. The second kappa shape index (κ2) is 3.31. The number of rotatable bonds is 2. The molecule has 0 spiro atoms. The summed E-state index contributed by atoms with van der Waals surface area (Å²) in [4.78, 5) is 0. The van der Waals surface area contributed by atoms with Gasteiger partial charge in [0.15, 0.2) is 11.6 Å². The molecule has 0 saturated heterocycles. The Balaban J connectivity index is 2.23. The van der Waals surface area contributed by atoms with Crippen molar-refractivity contribution in [2.45, 2.75) is 25.3 Å². The average molecular weight is 197 g/mol. The standard InChI is InChI=1S/C11H13F2N/c1-6(14)8-5-9(8)7-3-2-4-10(12)11(7)13/h2-4,6,8-9H,5,14H2,1H3. The van der Waals surface area contributed by atoms with Gasteiger partial charge in [0.1, 0.15) is 0 Å². The molecule has 0 amide bonds. The summed E-state index contributed by atoms with van der Waals surface area (Å²) in [5.41, 5.74) is 6.18. The van der Waals surface area contributed by atoms with Gasteiger partial charge in [-0.2, -0.15) is 0 Å². The topological polar surface area (TPSA) is 26.0 Å².